The molecule has 0 heterocycles. The van der Waals surface area contributed by atoms with Gasteiger partial charge >= 0.3 is 0 Å². The number of aliphatic hydroxyl groups excluding tert-OH is 1. The second-order valence-electron chi connectivity index (χ2n) is 13.1. The van der Waals surface area contributed by atoms with Crippen molar-refractivity contribution in [3.8, 4) is 0 Å². The number of hydrogen-bond donors (Lipinski definition) is 1. The van der Waals surface area contributed by atoms with Gasteiger partial charge in [-0.3, -0.25) is 0 Å². The van der Waals surface area contributed by atoms with Crippen LogP contribution in [0.3, 0.4) is 0 Å². The Morgan fingerprint density at radius 3 is 1.67 bits per heavy atom. The fourth-order valence-electron chi connectivity index (χ4n) is 6.09. The van der Waals surface area contributed by atoms with Crippen LogP contribution in [0.25, 0.3) is 0 Å². The molecule has 0 radical (unpaired) electrons. The minimum atomic E-state index is -0.519. The Morgan fingerprint density at radius 2 is 1.13 bits per heavy atom. The van der Waals surface area contributed by atoms with Crippen LogP contribution >= 0.6 is 0 Å². The van der Waals surface area contributed by atoms with E-state index in [9.17, 15) is 5.11 Å². The van der Waals surface area contributed by atoms with E-state index in [4.69, 9.17) is 4.74 Å². The van der Waals surface area contributed by atoms with E-state index in [1.807, 2.05) is 0 Å². The molecule has 2 atom stereocenters. The summed E-state index contributed by atoms with van der Waals surface area (Å²) in [4.78, 5) is 0. The van der Waals surface area contributed by atoms with Gasteiger partial charge in [-0.2, -0.15) is 0 Å². The summed E-state index contributed by atoms with van der Waals surface area (Å²) in [5, 5.41) is 11.0. The molecular weight excluding hydrogens is 476 g/mol. The summed E-state index contributed by atoms with van der Waals surface area (Å²) in [6.07, 6.45) is 16.9. The second kappa shape index (κ2) is 18.7. The lowest BCUT2D eigenvalue weighted by molar-refractivity contribution is -0.160. The van der Waals surface area contributed by atoms with Gasteiger partial charge in [0, 0.05) is 12.0 Å². The Hall–Kier alpha value is -1.64. The van der Waals surface area contributed by atoms with E-state index in [0.29, 0.717) is 0 Å². The van der Waals surface area contributed by atoms with Gasteiger partial charge in [-0.25, -0.2) is 0 Å². The molecule has 39 heavy (non-hydrogen) atoms. The summed E-state index contributed by atoms with van der Waals surface area (Å²) < 4.78 is 7.09. The molecule has 0 aliphatic carbocycles. The van der Waals surface area contributed by atoms with Gasteiger partial charge in [-0.15, -0.1) is 0 Å². The van der Waals surface area contributed by atoms with E-state index in [2.05, 4.69) is 95.3 Å². The van der Waals surface area contributed by atoms with Crippen molar-refractivity contribution >= 4 is 0 Å². The van der Waals surface area contributed by atoms with Crippen molar-refractivity contribution in [2.24, 2.45) is 17.3 Å². The molecule has 2 unspecified atom stereocenters. The third-order valence-corrected chi connectivity index (χ3v) is 8.59. The highest BCUT2D eigenvalue weighted by molar-refractivity contribution is 5.28. The first kappa shape index (κ1) is 33.6. The zero-order chi connectivity index (χ0) is 28.4. The number of hydrogen-bond acceptors (Lipinski definition) is 2. The van der Waals surface area contributed by atoms with E-state index in [0.717, 1.165) is 44.1 Å². The summed E-state index contributed by atoms with van der Waals surface area (Å²) in [7, 11) is 0. The molecule has 0 spiro atoms. The molecule has 0 aromatic heterocycles. The van der Waals surface area contributed by atoms with Crippen molar-refractivity contribution in [1.82, 2.24) is 0 Å². The third kappa shape index (κ3) is 11.8. The maximum Gasteiger partial charge on any atom is 0.101 e. The van der Waals surface area contributed by atoms with Gasteiger partial charge in [0.1, 0.15) is 5.60 Å². The Labute approximate surface area is 242 Å². The normalized spacial score (nSPS) is 15.0. The average molecular weight is 537 g/mol. The first-order valence-electron chi connectivity index (χ1n) is 16.2. The highest BCUT2D eigenvalue weighted by atomic mass is 16.5. The third-order valence-electron chi connectivity index (χ3n) is 8.59. The van der Waals surface area contributed by atoms with Crippen LogP contribution < -0.4 is 0 Å². The van der Waals surface area contributed by atoms with Crippen LogP contribution in [-0.2, 0) is 16.8 Å². The van der Waals surface area contributed by atoms with Crippen LogP contribution in [-0.4, -0.2) is 18.3 Å². The summed E-state index contributed by atoms with van der Waals surface area (Å²) in [6.45, 7) is 12.4. The van der Waals surface area contributed by atoms with Gasteiger partial charge in [0.25, 0.3) is 0 Å². The first-order chi connectivity index (χ1) is 18.8. The molecule has 2 heteroatoms. The van der Waals surface area contributed by atoms with Crippen molar-refractivity contribution in [1.29, 1.82) is 0 Å². The van der Waals surface area contributed by atoms with Crippen molar-refractivity contribution in [3.63, 3.8) is 0 Å². The molecule has 220 valence electrons. The largest absolute Gasteiger partial charge is 0.396 e. The SMILES string of the molecule is CC(C)CCCCCCCOC(CCCCCCCC(C)C)(c1ccccc1)C(C)(CO)Cc1ccccc1. The molecule has 0 aliphatic heterocycles. The Bertz CT molecular complexity index is 846. The molecule has 2 aromatic rings. The predicted octanol–water partition coefficient (Wildman–Crippen LogP) is 10.5. The van der Waals surface area contributed by atoms with Crippen molar-refractivity contribution < 1.29 is 9.84 Å². The lowest BCUT2D eigenvalue weighted by atomic mass is 9.64. The van der Waals surface area contributed by atoms with Crippen LogP contribution in [0.5, 0.6) is 0 Å². The predicted molar refractivity (Wildman–Crippen MR) is 169 cm³/mol. The molecule has 0 saturated heterocycles. The highest BCUT2D eigenvalue weighted by Gasteiger charge is 2.49. The van der Waals surface area contributed by atoms with E-state index in [-0.39, 0.29) is 6.61 Å². The van der Waals surface area contributed by atoms with Gasteiger partial charge in [-0.1, -0.05) is 166 Å². The lowest BCUT2D eigenvalue weighted by Gasteiger charge is -2.49. The van der Waals surface area contributed by atoms with Crippen molar-refractivity contribution in [3.05, 3.63) is 71.8 Å². The maximum absolute atomic E-state index is 11.0. The molecule has 0 aliphatic rings. The molecule has 1 N–H and O–H groups in total. The Kier molecular flexibility index (Phi) is 16.1. The zero-order valence-corrected chi connectivity index (χ0v) is 26.1. The summed E-state index contributed by atoms with van der Waals surface area (Å²) in [6, 6.07) is 21.5. The minimum Gasteiger partial charge on any atom is -0.396 e. The van der Waals surface area contributed by atoms with Crippen molar-refractivity contribution in [2.75, 3.05) is 13.2 Å². The molecule has 2 aromatic carbocycles. The zero-order valence-electron chi connectivity index (χ0n) is 26.1. The van der Waals surface area contributed by atoms with E-state index in [1.165, 1.54) is 75.3 Å². The fraction of sp³-hybridized carbons (Fsp3) is 0.676. The second-order valence-corrected chi connectivity index (χ2v) is 13.1. The van der Waals surface area contributed by atoms with E-state index >= 15 is 0 Å². The minimum absolute atomic E-state index is 0.0976. The molecular formula is C37H60O2. The van der Waals surface area contributed by atoms with Crippen LogP contribution in [0.4, 0.5) is 0 Å². The van der Waals surface area contributed by atoms with Crippen LogP contribution in [0.15, 0.2) is 60.7 Å². The van der Waals surface area contributed by atoms with Gasteiger partial charge in [-0.05, 0) is 42.2 Å². The quantitative estimate of drug-likeness (QED) is 0.152. The van der Waals surface area contributed by atoms with Gasteiger partial charge in [0.2, 0.25) is 0 Å². The molecule has 0 fully saturated rings. The fourth-order valence-corrected chi connectivity index (χ4v) is 6.09. The van der Waals surface area contributed by atoms with E-state index in [1.54, 1.807) is 0 Å². The van der Waals surface area contributed by atoms with Crippen LogP contribution in [0.2, 0.25) is 0 Å². The smallest absolute Gasteiger partial charge is 0.101 e. The highest BCUT2D eigenvalue weighted by Crippen LogP contribution is 2.49. The van der Waals surface area contributed by atoms with E-state index < -0.39 is 11.0 Å². The summed E-state index contributed by atoms with van der Waals surface area (Å²) in [5.74, 6) is 1.60. The number of benzene rings is 2. The summed E-state index contributed by atoms with van der Waals surface area (Å²) in [5.41, 5.74) is 1.53. The lowest BCUT2D eigenvalue weighted by Crippen LogP contribution is -2.50. The molecule has 2 rings (SSSR count). The number of unbranched alkanes of at least 4 members (excludes halogenated alkanes) is 8. The molecule has 0 saturated carbocycles. The standard InChI is InChI=1S/C37H60O2/c1-32(2)22-14-8-6-10-20-28-37(35-26-18-13-19-27-35,39-29-21-11-7-9-15-23-33(3)4)36(5,31-38)30-34-24-16-12-17-25-34/h12-13,16-19,24-27,32-33,38H,6-11,14-15,20-23,28-31H2,1-5H3. The number of ether oxygens (including phenoxy) is 1. The average Bonchev–Trinajstić information content (AvgIpc) is 2.93. The maximum atomic E-state index is 11.0. The van der Waals surface area contributed by atoms with Gasteiger partial charge < -0.3 is 9.84 Å². The molecule has 0 amide bonds. The summed E-state index contributed by atoms with van der Waals surface area (Å²) >= 11 is 0. The van der Waals surface area contributed by atoms with Crippen molar-refractivity contribution in [2.45, 2.75) is 130 Å². The number of aliphatic hydroxyl groups is 1. The van der Waals surface area contributed by atoms with Gasteiger partial charge in [0.15, 0.2) is 0 Å². The molecule has 0 bridgehead atoms. The number of rotatable bonds is 22. The van der Waals surface area contributed by atoms with Gasteiger partial charge in [0.05, 0.1) is 6.61 Å². The first-order valence-corrected chi connectivity index (χ1v) is 16.2. The molecule has 2 nitrogen and oxygen atoms in total. The topological polar surface area (TPSA) is 29.5 Å². The van der Waals surface area contributed by atoms with Crippen LogP contribution in [0.1, 0.15) is 129 Å². The van der Waals surface area contributed by atoms with Crippen LogP contribution in [0, 0.1) is 17.3 Å². The monoisotopic (exact) mass is 536 g/mol. The Morgan fingerprint density at radius 1 is 0.641 bits per heavy atom. The Balaban J connectivity index is 2.18.